The van der Waals surface area contributed by atoms with E-state index in [1.807, 2.05) is 37.2 Å². The average molecular weight is 456 g/mol. The summed E-state index contributed by atoms with van der Waals surface area (Å²) in [6.45, 7) is 7.83. The Morgan fingerprint density at radius 2 is 1.42 bits per heavy atom. The lowest BCUT2D eigenvalue weighted by Gasteiger charge is -2.49. The fourth-order valence-electron chi connectivity index (χ4n) is 5.27. The largest absolute Gasteiger partial charge is 0.437 e. The first-order chi connectivity index (χ1) is 15.7. The van der Waals surface area contributed by atoms with Crippen molar-refractivity contribution in [3.63, 3.8) is 0 Å². The van der Waals surface area contributed by atoms with E-state index in [9.17, 15) is 18.2 Å². The van der Waals surface area contributed by atoms with Gasteiger partial charge in [0.15, 0.2) is 0 Å². The highest BCUT2D eigenvalue weighted by atomic mass is 19.4. The number of nitrogens with zero attached hydrogens (tertiary/aromatic N) is 2. The van der Waals surface area contributed by atoms with E-state index in [4.69, 9.17) is 0 Å². The Balaban J connectivity index is 1.56. The zero-order valence-electron chi connectivity index (χ0n) is 19.4. The van der Waals surface area contributed by atoms with Crippen LogP contribution in [0, 0.1) is 0 Å². The predicted octanol–water partition coefficient (Wildman–Crippen LogP) is 5.57. The number of alkyl halides is 3. The van der Waals surface area contributed by atoms with E-state index in [-0.39, 0.29) is 5.54 Å². The van der Waals surface area contributed by atoms with Gasteiger partial charge in [-0.3, -0.25) is 4.90 Å². The van der Waals surface area contributed by atoms with E-state index in [1.54, 1.807) is 12.1 Å². The molecule has 0 aliphatic carbocycles. The van der Waals surface area contributed by atoms with Crippen molar-refractivity contribution in [1.82, 2.24) is 9.71 Å². The predicted molar refractivity (Wildman–Crippen MR) is 128 cm³/mol. The Morgan fingerprint density at radius 3 is 1.94 bits per heavy atom. The minimum absolute atomic E-state index is 0.123. The molecule has 3 nitrogen and oxygen atoms in total. The first-order valence-electron chi connectivity index (χ1n) is 11.8. The number of rotatable bonds is 4. The van der Waals surface area contributed by atoms with E-state index in [0.717, 1.165) is 68.6 Å². The van der Waals surface area contributed by atoms with Gasteiger partial charge in [0, 0.05) is 18.6 Å². The third kappa shape index (κ3) is 5.37. The van der Waals surface area contributed by atoms with E-state index in [0.29, 0.717) is 0 Å². The van der Waals surface area contributed by atoms with E-state index in [1.165, 1.54) is 17.7 Å². The van der Waals surface area contributed by atoms with Crippen molar-refractivity contribution >= 4 is 12.6 Å². The van der Waals surface area contributed by atoms with Gasteiger partial charge in [-0.25, -0.2) is 0 Å². The van der Waals surface area contributed by atoms with Gasteiger partial charge >= 0.3 is 13.2 Å². The number of hydrogen-bond acceptors (Lipinski definition) is 3. The van der Waals surface area contributed by atoms with Gasteiger partial charge in [0.1, 0.15) is 0 Å². The molecule has 4 rings (SSSR count). The summed E-state index contributed by atoms with van der Waals surface area (Å²) in [4.78, 5) is 4.69. The molecule has 33 heavy (non-hydrogen) atoms. The van der Waals surface area contributed by atoms with Gasteiger partial charge in [-0.15, -0.1) is 0 Å². The Labute approximate surface area is 195 Å². The van der Waals surface area contributed by atoms with Gasteiger partial charge in [-0.1, -0.05) is 48.0 Å². The first kappa shape index (κ1) is 24.1. The maximum atomic E-state index is 13.1. The highest BCUT2D eigenvalue weighted by Crippen LogP contribution is 2.38. The monoisotopic (exact) mass is 456 g/mol. The topological polar surface area (TPSA) is 26.7 Å². The van der Waals surface area contributed by atoms with Crippen molar-refractivity contribution in [3.05, 3.63) is 76.9 Å². The van der Waals surface area contributed by atoms with Gasteiger partial charge in [-0.2, -0.15) is 13.2 Å². The van der Waals surface area contributed by atoms with Crippen LogP contribution in [0.1, 0.15) is 49.3 Å². The first-order valence-corrected chi connectivity index (χ1v) is 11.8. The number of benzene rings is 2. The molecular weight excluding hydrogens is 424 g/mol. The lowest BCUT2D eigenvalue weighted by molar-refractivity contribution is -0.137. The molecule has 7 heteroatoms. The fraction of sp³-hybridized carbons (Fsp3) is 0.462. The summed E-state index contributed by atoms with van der Waals surface area (Å²) in [6.07, 6.45) is -0.465. The van der Waals surface area contributed by atoms with Crippen LogP contribution in [-0.2, 0) is 6.18 Å². The highest BCUT2D eigenvalue weighted by molar-refractivity contribution is 6.45. The lowest BCUT2D eigenvalue weighted by atomic mass is 9.77. The third-order valence-corrected chi connectivity index (χ3v) is 7.45. The summed E-state index contributed by atoms with van der Waals surface area (Å²) in [7, 11) is -0.400. The summed E-state index contributed by atoms with van der Waals surface area (Å²) in [5.74, 6) is 0. The summed E-state index contributed by atoms with van der Waals surface area (Å²) in [5.41, 5.74) is 3.78. The van der Waals surface area contributed by atoms with Crippen molar-refractivity contribution in [1.29, 1.82) is 0 Å². The van der Waals surface area contributed by atoms with E-state index in [2.05, 4.69) is 16.6 Å². The maximum Gasteiger partial charge on any atom is 0.416 e. The van der Waals surface area contributed by atoms with Gasteiger partial charge in [-0.05, 0) is 81.4 Å². The van der Waals surface area contributed by atoms with E-state index >= 15 is 0 Å². The Kier molecular flexibility index (Phi) is 7.03. The SMILES string of the molecule is CB(O)N1CCC(C)(N2CCC(=C(c3ccccc3)c3ccc(C(F)(F)F)cc3)CC2)CC1. The summed E-state index contributed by atoms with van der Waals surface area (Å²) >= 11 is 0. The second kappa shape index (κ2) is 9.65. The van der Waals surface area contributed by atoms with Crippen molar-refractivity contribution in [2.24, 2.45) is 0 Å². The second-order valence-corrected chi connectivity index (χ2v) is 9.57. The molecule has 0 spiro atoms. The molecule has 1 N–H and O–H groups in total. The minimum Gasteiger partial charge on any atom is -0.437 e. The molecule has 176 valence electrons. The fourth-order valence-corrected chi connectivity index (χ4v) is 5.27. The molecule has 0 aromatic heterocycles. The molecule has 0 bridgehead atoms. The number of halogens is 3. The van der Waals surface area contributed by atoms with Crippen LogP contribution < -0.4 is 0 Å². The van der Waals surface area contributed by atoms with Crippen LogP contribution >= 0.6 is 0 Å². The average Bonchev–Trinajstić information content (AvgIpc) is 2.80. The molecule has 2 aromatic carbocycles. The number of piperidine rings is 2. The van der Waals surface area contributed by atoms with Gasteiger partial charge in [0.05, 0.1) is 5.56 Å². The summed E-state index contributed by atoms with van der Waals surface area (Å²) in [6, 6.07) is 15.6. The van der Waals surface area contributed by atoms with Gasteiger partial charge < -0.3 is 9.83 Å². The van der Waals surface area contributed by atoms with Crippen LogP contribution in [0.25, 0.3) is 5.57 Å². The van der Waals surface area contributed by atoms with Crippen molar-refractivity contribution in [2.45, 2.75) is 51.1 Å². The number of hydrogen-bond donors (Lipinski definition) is 1. The molecule has 2 aliphatic rings. The molecule has 0 unspecified atom stereocenters. The van der Waals surface area contributed by atoms with Crippen molar-refractivity contribution in [3.8, 4) is 0 Å². The molecule has 0 amide bonds. The van der Waals surface area contributed by atoms with Crippen LogP contribution in [0.5, 0.6) is 0 Å². The van der Waals surface area contributed by atoms with Gasteiger partial charge in [0.2, 0.25) is 0 Å². The normalized spacial score (nSPS) is 20.0. The molecule has 0 saturated carbocycles. The van der Waals surface area contributed by atoms with Crippen molar-refractivity contribution in [2.75, 3.05) is 26.2 Å². The van der Waals surface area contributed by atoms with E-state index < -0.39 is 18.8 Å². The zero-order chi connectivity index (χ0) is 23.6. The molecular formula is C26H32BF3N2O. The van der Waals surface area contributed by atoms with Crippen LogP contribution in [0.2, 0.25) is 6.82 Å². The smallest absolute Gasteiger partial charge is 0.416 e. The molecule has 2 aliphatic heterocycles. The Morgan fingerprint density at radius 1 is 0.879 bits per heavy atom. The molecule has 2 saturated heterocycles. The highest BCUT2D eigenvalue weighted by Gasteiger charge is 2.38. The van der Waals surface area contributed by atoms with Crippen LogP contribution in [0.4, 0.5) is 13.2 Å². The van der Waals surface area contributed by atoms with Crippen molar-refractivity contribution < 1.29 is 18.2 Å². The quantitative estimate of drug-likeness (QED) is 0.610. The minimum atomic E-state index is -4.33. The van der Waals surface area contributed by atoms with Crippen LogP contribution in [-0.4, -0.2) is 53.5 Å². The standard InChI is InChI=1S/C26H32BF3N2O/c1-25(14-18-32(19-15-25)27(2)33)31-16-12-22(13-17-31)24(20-6-4-3-5-7-20)21-8-10-23(11-9-21)26(28,29)30/h3-11,33H,12-19H2,1-2H3. The molecule has 0 radical (unpaired) electrons. The zero-order valence-corrected chi connectivity index (χ0v) is 19.4. The van der Waals surface area contributed by atoms with Gasteiger partial charge in [0.25, 0.3) is 0 Å². The second-order valence-electron chi connectivity index (χ2n) is 9.57. The molecule has 2 aromatic rings. The molecule has 0 atom stereocenters. The molecule has 2 fully saturated rings. The summed E-state index contributed by atoms with van der Waals surface area (Å²) < 4.78 is 39.3. The lowest BCUT2D eigenvalue weighted by Crippen LogP contribution is -2.57. The third-order valence-electron chi connectivity index (χ3n) is 7.45. The Hall–Kier alpha value is -2.09. The summed E-state index contributed by atoms with van der Waals surface area (Å²) in [5, 5.41) is 9.88. The Bertz CT molecular complexity index is 955. The van der Waals surface area contributed by atoms with Crippen LogP contribution in [0.3, 0.4) is 0 Å². The maximum absolute atomic E-state index is 13.1. The van der Waals surface area contributed by atoms with Crippen LogP contribution in [0.15, 0.2) is 60.2 Å². The molecule has 2 heterocycles. The number of likely N-dealkylation sites (tertiary alicyclic amines) is 1.